The molecule has 1 saturated carbocycles. The number of carbonyl (C=O) groups is 3. The van der Waals surface area contributed by atoms with Crippen LogP contribution in [0.3, 0.4) is 0 Å². The molecular formula is C41H38N8O3S3. The van der Waals surface area contributed by atoms with Gasteiger partial charge in [-0.25, -0.2) is 15.0 Å². The Labute approximate surface area is 332 Å². The Kier molecular flexibility index (Phi) is 9.98. The number of carbonyl (C=O) groups excluding carboxylic acids is 3. The summed E-state index contributed by atoms with van der Waals surface area (Å²) in [5.74, 6) is 0.0477. The van der Waals surface area contributed by atoms with Crippen LogP contribution in [0.1, 0.15) is 32.1 Å². The van der Waals surface area contributed by atoms with E-state index in [4.69, 9.17) is 15.1 Å². The van der Waals surface area contributed by atoms with Gasteiger partial charge in [-0.05, 0) is 74.2 Å². The van der Waals surface area contributed by atoms with Gasteiger partial charge in [-0.2, -0.15) is 5.01 Å². The summed E-state index contributed by atoms with van der Waals surface area (Å²) in [6.45, 7) is 0.580. The molecule has 4 fully saturated rings. The fourth-order valence-electron chi connectivity index (χ4n) is 7.77. The number of hydrogen-bond donors (Lipinski definition) is 0. The lowest BCUT2D eigenvalue weighted by molar-refractivity contribution is -0.187. The van der Waals surface area contributed by atoms with E-state index in [9.17, 15) is 14.4 Å². The highest BCUT2D eigenvalue weighted by molar-refractivity contribution is 8.16. The molecule has 2 atom stereocenters. The Balaban J connectivity index is 1.07. The molecule has 4 aliphatic heterocycles. The topological polar surface area (TPSA) is 104 Å². The van der Waals surface area contributed by atoms with E-state index < -0.39 is 16.2 Å². The monoisotopic (exact) mass is 786 g/mol. The number of amidine groups is 3. The summed E-state index contributed by atoms with van der Waals surface area (Å²) < 4.78 is 0. The van der Waals surface area contributed by atoms with Crippen molar-refractivity contribution in [1.29, 1.82) is 0 Å². The lowest BCUT2D eigenvalue weighted by Gasteiger charge is -2.56. The fourth-order valence-corrected chi connectivity index (χ4v) is 10.9. The molecule has 278 valence electrons. The lowest BCUT2D eigenvalue weighted by Crippen LogP contribution is -2.71. The molecule has 0 radical (unpaired) electrons. The van der Waals surface area contributed by atoms with Crippen molar-refractivity contribution in [3.63, 3.8) is 0 Å². The predicted molar refractivity (Wildman–Crippen MR) is 224 cm³/mol. The molecule has 1 spiro atoms. The molecule has 5 aliphatic rings. The van der Waals surface area contributed by atoms with Crippen LogP contribution in [0, 0.1) is 0 Å². The quantitative estimate of drug-likeness (QED) is 0.179. The molecule has 55 heavy (non-hydrogen) atoms. The van der Waals surface area contributed by atoms with Gasteiger partial charge in [-0.3, -0.25) is 29.2 Å². The molecule has 4 aromatic carbocycles. The smallest absolute Gasteiger partial charge is 0.253 e. The summed E-state index contributed by atoms with van der Waals surface area (Å²) in [7, 11) is 0. The molecule has 0 aromatic heterocycles. The van der Waals surface area contributed by atoms with Gasteiger partial charge < -0.3 is 0 Å². The predicted octanol–water partition coefficient (Wildman–Crippen LogP) is 7.70. The number of hydrazine groups is 1. The van der Waals surface area contributed by atoms with Crippen LogP contribution in [0.25, 0.3) is 0 Å². The molecule has 9 rings (SSSR count). The van der Waals surface area contributed by atoms with Gasteiger partial charge in [-0.15, -0.1) is 5.10 Å². The van der Waals surface area contributed by atoms with Crippen LogP contribution in [-0.4, -0.2) is 83.3 Å². The summed E-state index contributed by atoms with van der Waals surface area (Å²) in [4.78, 5) is 56.1. The van der Waals surface area contributed by atoms with Crippen LogP contribution in [0.2, 0.25) is 0 Å². The average molecular weight is 787 g/mol. The second-order valence-electron chi connectivity index (χ2n) is 13.8. The molecule has 2 unspecified atom stereocenters. The van der Waals surface area contributed by atoms with Gasteiger partial charge in [0.05, 0.1) is 35.0 Å². The largest absolute Gasteiger partial charge is 0.273 e. The number of fused-ring (bicyclic) bond motifs is 1. The van der Waals surface area contributed by atoms with E-state index in [2.05, 4.69) is 10.0 Å². The number of thioether (sulfide) groups is 3. The highest BCUT2D eigenvalue weighted by Crippen LogP contribution is 2.46. The van der Waals surface area contributed by atoms with Crippen LogP contribution in [0.4, 0.5) is 22.7 Å². The van der Waals surface area contributed by atoms with Crippen molar-refractivity contribution in [3.05, 3.63) is 121 Å². The first-order valence-electron chi connectivity index (χ1n) is 18.5. The molecular weight excluding hydrogens is 749 g/mol. The highest BCUT2D eigenvalue weighted by atomic mass is 32.2. The number of nitrogens with zero attached hydrogens (tertiary/aromatic N) is 8. The Morgan fingerprint density at radius 1 is 0.618 bits per heavy atom. The molecule has 14 heteroatoms. The zero-order valence-electron chi connectivity index (χ0n) is 29.9. The molecule has 0 N–H and O–H groups in total. The summed E-state index contributed by atoms with van der Waals surface area (Å²) in [6, 6.07) is 38.6. The van der Waals surface area contributed by atoms with Crippen LogP contribution in [0.15, 0.2) is 136 Å². The van der Waals surface area contributed by atoms with Gasteiger partial charge in [0.15, 0.2) is 10.3 Å². The van der Waals surface area contributed by atoms with Crippen molar-refractivity contribution >= 4 is 91.3 Å². The van der Waals surface area contributed by atoms with E-state index >= 15 is 0 Å². The molecule has 4 heterocycles. The minimum absolute atomic E-state index is 0.0549. The Morgan fingerprint density at radius 3 is 1.60 bits per heavy atom. The van der Waals surface area contributed by atoms with Gasteiger partial charge >= 0.3 is 0 Å². The van der Waals surface area contributed by atoms with Crippen molar-refractivity contribution in [2.75, 3.05) is 28.6 Å². The first-order chi connectivity index (χ1) is 27.0. The van der Waals surface area contributed by atoms with Gasteiger partial charge in [0.25, 0.3) is 5.91 Å². The second-order valence-corrected chi connectivity index (χ2v) is 17.1. The van der Waals surface area contributed by atoms with Crippen LogP contribution in [-0.2, 0) is 14.4 Å². The number of hydrogen-bond acceptors (Lipinski definition) is 11. The number of amides is 3. The van der Waals surface area contributed by atoms with Crippen molar-refractivity contribution in [2.24, 2.45) is 15.1 Å². The highest BCUT2D eigenvalue weighted by Gasteiger charge is 2.56. The van der Waals surface area contributed by atoms with Gasteiger partial charge in [0, 0.05) is 6.54 Å². The molecule has 4 aromatic rings. The fraction of sp³-hybridized carbons (Fsp3) is 0.268. The molecule has 11 nitrogen and oxygen atoms in total. The Hall–Kier alpha value is -4.89. The first-order valence-corrected chi connectivity index (χ1v) is 21.2. The van der Waals surface area contributed by atoms with Crippen molar-refractivity contribution in [1.82, 2.24) is 15.0 Å². The standard InChI is InChI=1S/C41H38N8O3S3/c50-35-28-53-40-44-45(26-33-36(51)47(31-20-10-3-11-21-31)38(54-33)42-29-16-6-1-7-17-29)41(24-14-5-15-25-41)46(49(35)40)27-34-37(52)48(32-22-12-4-13-23-32)39(55-34)43-30-18-8-2-9-19-30/h1-4,6-13,16-23,33-34H,5,14-15,24-28H2. The van der Waals surface area contributed by atoms with E-state index in [0.717, 1.165) is 54.9 Å². The Bertz CT molecular complexity index is 2170. The molecule has 1 aliphatic carbocycles. The van der Waals surface area contributed by atoms with Gasteiger partial charge in [-0.1, -0.05) is 115 Å². The summed E-state index contributed by atoms with van der Waals surface area (Å²) >= 11 is 4.27. The van der Waals surface area contributed by atoms with E-state index in [1.807, 2.05) is 121 Å². The van der Waals surface area contributed by atoms with Crippen LogP contribution >= 0.6 is 35.3 Å². The van der Waals surface area contributed by atoms with Crippen molar-refractivity contribution in [3.8, 4) is 0 Å². The second kappa shape index (κ2) is 15.3. The number of rotatable bonds is 8. The number of para-hydroxylation sites is 4. The maximum absolute atomic E-state index is 14.6. The van der Waals surface area contributed by atoms with Crippen LogP contribution in [0.5, 0.6) is 0 Å². The number of aliphatic imine (C=N–C) groups is 2. The summed E-state index contributed by atoms with van der Waals surface area (Å²) in [6.07, 6.45) is 4.38. The number of hydrazone groups is 1. The van der Waals surface area contributed by atoms with Crippen molar-refractivity contribution < 1.29 is 14.4 Å². The zero-order valence-corrected chi connectivity index (χ0v) is 32.3. The molecule has 3 saturated heterocycles. The number of benzene rings is 4. The minimum atomic E-state index is -0.724. The molecule has 3 amide bonds. The van der Waals surface area contributed by atoms with E-state index in [1.54, 1.807) is 14.8 Å². The normalized spacial score (nSPS) is 24.1. The maximum atomic E-state index is 14.6. The van der Waals surface area contributed by atoms with Crippen molar-refractivity contribution in [2.45, 2.75) is 48.3 Å². The zero-order chi connectivity index (χ0) is 37.4. The number of anilines is 2. The average Bonchev–Trinajstić information content (AvgIpc) is 3.85. The maximum Gasteiger partial charge on any atom is 0.253 e. The van der Waals surface area contributed by atoms with Gasteiger partial charge in [0.2, 0.25) is 17.0 Å². The van der Waals surface area contributed by atoms with E-state index in [1.165, 1.54) is 35.3 Å². The van der Waals surface area contributed by atoms with E-state index in [0.29, 0.717) is 22.0 Å². The third kappa shape index (κ3) is 6.85. The SMILES string of the molecule is O=C1C(CN2N=C3SCC(=O)N3N(CC3SC(=Nc4ccccc4)N(c4ccccc4)C3=O)C23CCCCC3)SC(=Nc2ccccc2)N1c1ccccc1. The summed E-state index contributed by atoms with van der Waals surface area (Å²) in [5, 5.41) is 11.8. The van der Waals surface area contributed by atoms with Crippen LogP contribution < -0.4 is 9.80 Å². The summed E-state index contributed by atoms with van der Waals surface area (Å²) in [5.41, 5.74) is 2.30. The molecule has 0 bridgehead atoms. The first kappa shape index (κ1) is 35.8. The van der Waals surface area contributed by atoms with Gasteiger partial charge in [0.1, 0.15) is 16.2 Å². The lowest BCUT2D eigenvalue weighted by atomic mass is 9.87. The minimum Gasteiger partial charge on any atom is -0.273 e. The third-order valence-corrected chi connectivity index (χ3v) is 13.5. The Morgan fingerprint density at radius 2 is 1.09 bits per heavy atom. The third-order valence-electron chi connectivity index (χ3n) is 10.3. The van der Waals surface area contributed by atoms with E-state index in [-0.39, 0.29) is 30.0 Å².